The van der Waals surface area contributed by atoms with Crippen LogP contribution in [0.3, 0.4) is 0 Å². The maximum Gasteiger partial charge on any atom is 0.401 e. The molecular formula is C17H21ClF3N3O3. The van der Waals surface area contributed by atoms with Gasteiger partial charge in [0.25, 0.3) is 0 Å². The average Bonchev–Trinajstić information content (AvgIpc) is 2.80. The summed E-state index contributed by atoms with van der Waals surface area (Å²) in [7, 11) is 0. The smallest absolute Gasteiger partial charge is 0.401 e. The molecule has 0 aromatic heterocycles. The largest absolute Gasteiger partial charge is 0.490 e. The number of rotatable bonds is 3. The molecule has 1 aromatic rings. The molecule has 0 spiro atoms. The van der Waals surface area contributed by atoms with Crippen LogP contribution in [-0.4, -0.2) is 56.0 Å². The van der Waals surface area contributed by atoms with Crippen molar-refractivity contribution in [2.45, 2.75) is 31.5 Å². The van der Waals surface area contributed by atoms with Gasteiger partial charge >= 0.3 is 12.2 Å². The first-order chi connectivity index (χ1) is 12.8. The SMILES string of the molecule is O=C(Nc1cc2c(cc1Cl)OCCCO2)NC1CCN(CC(F)(F)F)CC1. The number of ether oxygens (including phenoxy) is 2. The van der Waals surface area contributed by atoms with Gasteiger partial charge in [-0.15, -0.1) is 0 Å². The van der Waals surface area contributed by atoms with Gasteiger partial charge in [0.2, 0.25) is 0 Å². The summed E-state index contributed by atoms with van der Waals surface area (Å²) in [6.07, 6.45) is -2.54. The molecule has 0 aliphatic carbocycles. The minimum Gasteiger partial charge on any atom is -0.490 e. The third-order valence-electron chi connectivity index (χ3n) is 4.41. The van der Waals surface area contributed by atoms with Gasteiger partial charge in [-0.05, 0) is 12.8 Å². The predicted octanol–water partition coefficient (Wildman–Crippen LogP) is 3.65. The number of piperidine rings is 1. The maximum atomic E-state index is 12.4. The van der Waals surface area contributed by atoms with E-state index in [-0.39, 0.29) is 19.1 Å². The Hall–Kier alpha value is -1.87. The Morgan fingerprint density at radius 3 is 2.44 bits per heavy atom. The number of benzene rings is 1. The number of halogens is 4. The van der Waals surface area contributed by atoms with Crippen LogP contribution in [0.5, 0.6) is 11.5 Å². The average molecular weight is 408 g/mol. The number of urea groups is 1. The minimum atomic E-state index is -4.20. The Balaban J connectivity index is 1.52. The highest BCUT2D eigenvalue weighted by atomic mass is 35.5. The summed E-state index contributed by atoms with van der Waals surface area (Å²) in [6, 6.07) is 2.55. The van der Waals surface area contributed by atoms with Crippen LogP contribution in [0, 0.1) is 0 Å². The summed E-state index contributed by atoms with van der Waals surface area (Å²) in [4.78, 5) is 13.6. The van der Waals surface area contributed by atoms with E-state index in [0.29, 0.717) is 48.3 Å². The molecule has 1 fully saturated rings. The number of nitrogens with zero attached hydrogens (tertiary/aromatic N) is 1. The molecule has 27 heavy (non-hydrogen) atoms. The van der Waals surface area contributed by atoms with Gasteiger partial charge in [-0.2, -0.15) is 13.2 Å². The number of carbonyl (C=O) groups is 1. The third-order valence-corrected chi connectivity index (χ3v) is 4.72. The summed E-state index contributed by atoms with van der Waals surface area (Å²) in [5, 5.41) is 5.76. The van der Waals surface area contributed by atoms with Crippen LogP contribution >= 0.6 is 11.6 Å². The lowest BCUT2D eigenvalue weighted by Crippen LogP contribution is -2.47. The lowest BCUT2D eigenvalue weighted by molar-refractivity contribution is -0.148. The number of alkyl halides is 3. The molecule has 3 rings (SSSR count). The monoisotopic (exact) mass is 407 g/mol. The van der Waals surface area contributed by atoms with Crippen molar-refractivity contribution in [3.63, 3.8) is 0 Å². The van der Waals surface area contributed by atoms with Crippen LogP contribution in [0.4, 0.5) is 23.7 Å². The van der Waals surface area contributed by atoms with Gasteiger partial charge in [-0.25, -0.2) is 4.79 Å². The maximum absolute atomic E-state index is 12.4. The van der Waals surface area contributed by atoms with Gasteiger partial charge in [0.15, 0.2) is 11.5 Å². The fourth-order valence-corrected chi connectivity index (χ4v) is 3.31. The molecule has 2 heterocycles. The molecule has 150 valence electrons. The molecule has 0 bridgehead atoms. The molecule has 10 heteroatoms. The number of hydrogen-bond acceptors (Lipinski definition) is 4. The zero-order chi connectivity index (χ0) is 19.4. The van der Waals surface area contributed by atoms with Gasteiger partial charge < -0.3 is 20.1 Å². The highest BCUT2D eigenvalue weighted by Gasteiger charge is 2.32. The third kappa shape index (κ3) is 5.80. The fraction of sp³-hybridized carbons (Fsp3) is 0.588. The number of carbonyl (C=O) groups excluding carboxylic acids is 1. The molecule has 2 aliphatic rings. The summed E-state index contributed by atoms with van der Waals surface area (Å²) < 4.78 is 48.4. The molecule has 2 amide bonds. The zero-order valence-electron chi connectivity index (χ0n) is 14.6. The van der Waals surface area contributed by atoms with E-state index in [1.807, 2.05) is 0 Å². The Bertz CT molecular complexity index is 679. The van der Waals surface area contributed by atoms with Crippen LogP contribution in [0.2, 0.25) is 5.02 Å². The van der Waals surface area contributed by atoms with Crippen molar-refractivity contribution >= 4 is 23.3 Å². The normalized spacial score (nSPS) is 18.7. The molecule has 6 nitrogen and oxygen atoms in total. The van der Waals surface area contributed by atoms with E-state index in [1.54, 1.807) is 12.1 Å². The van der Waals surface area contributed by atoms with Crippen LogP contribution in [0.15, 0.2) is 12.1 Å². The van der Waals surface area contributed by atoms with Gasteiger partial charge in [0.05, 0.1) is 30.5 Å². The van der Waals surface area contributed by atoms with Crippen molar-refractivity contribution in [1.82, 2.24) is 10.2 Å². The summed E-state index contributed by atoms with van der Waals surface area (Å²) in [6.45, 7) is 0.698. The first-order valence-electron chi connectivity index (χ1n) is 8.76. The van der Waals surface area contributed by atoms with Gasteiger partial charge in [-0.3, -0.25) is 4.90 Å². The quantitative estimate of drug-likeness (QED) is 0.803. The van der Waals surface area contributed by atoms with Crippen molar-refractivity contribution in [3.8, 4) is 11.5 Å². The number of hydrogen-bond donors (Lipinski definition) is 2. The van der Waals surface area contributed by atoms with Gasteiger partial charge in [0.1, 0.15) is 0 Å². The van der Waals surface area contributed by atoms with Crippen molar-refractivity contribution in [2.24, 2.45) is 0 Å². The molecule has 0 radical (unpaired) electrons. The van der Waals surface area contributed by atoms with E-state index in [0.717, 1.165) is 6.42 Å². The second-order valence-corrected chi connectivity index (χ2v) is 7.00. The van der Waals surface area contributed by atoms with E-state index in [2.05, 4.69) is 10.6 Å². The second kappa shape index (κ2) is 8.43. The van der Waals surface area contributed by atoms with Crippen LogP contribution in [0.1, 0.15) is 19.3 Å². The van der Waals surface area contributed by atoms with Crippen molar-refractivity contribution in [3.05, 3.63) is 17.2 Å². The Morgan fingerprint density at radius 1 is 1.19 bits per heavy atom. The number of fused-ring (bicyclic) bond motifs is 1. The number of nitrogens with one attached hydrogen (secondary N) is 2. The highest BCUT2D eigenvalue weighted by Crippen LogP contribution is 2.37. The molecule has 2 N–H and O–H groups in total. The van der Waals surface area contributed by atoms with Gasteiger partial charge in [-0.1, -0.05) is 11.6 Å². The van der Waals surface area contributed by atoms with E-state index in [1.165, 1.54) is 4.90 Å². The molecule has 0 atom stereocenters. The fourth-order valence-electron chi connectivity index (χ4n) is 3.11. The topological polar surface area (TPSA) is 62.8 Å². The van der Waals surface area contributed by atoms with E-state index in [4.69, 9.17) is 21.1 Å². The molecule has 0 unspecified atom stereocenters. The summed E-state index contributed by atoms with van der Waals surface area (Å²) >= 11 is 6.19. The number of amides is 2. The predicted molar refractivity (Wildman–Crippen MR) is 94.7 cm³/mol. The van der Waals surface area contributed by atoms with Crippen molar-refractivity contribution < 1.29 is 27.4 Å². The van der Waals surface area contributed by atoms with Crippen LogP contribution in [0.25, 0.3) is 0 Å². The molecule has 0 saturated carbocycles. The van der Waals surface area contributed by atoms with E-state index < -0.39 is 18.8 Å². The Morgan fingerprint density at radius 2 is 1.81 bits per heavy atom. The molecule has 1 saturated heterocycles. The molecule has 1 aromatic carbocycles. The standard InChI is InChI=1S/C17H21ClF3N3O3/c18-12-8-14-15(27-7-1-6-26-14)9-13(12)23-16(25)22-11-2-4-24(5-3-11)10-17(19,20)21/h8-9,11H,1-7,10H2,(H2,22,23,25). The number of anilines is 1. The molecular weight excluding hydrogens is 387 g/mol. The van der Waals surface area contributed by atoms with E-state index in [9.17, 15) is 18.0 Å². The minimum absolute atomic E-state index is 0.186. The van der Waals surface area contributed by atoms with Crippen molar-refractivity contribution in [2.75, 3.05) is 38.2 Å². The van der Waals surface area contributed by atoms with Crippen molar-refractivity contribution in [1.29, 1.82) is 0 Å². The zero-order valence-corrected chi connectivity index (χ0v) is 15.3. The number of likely N-dealkylation sites (tertiary alicyclic amines) is 1. The van der Waals surface area contributed by atoms with Crippen LogP contribution in [-0.2, 0) is 0 Å². The van der Waals surface area contributed by atoms with E-state index >= 15 is 0 Å². The Labute approximate surface area is 159 Å². The Kier molecular flexibility index (Phi) is 6.21. The summed E-state index contributed by atoms with van der Waals surface area (Å²) in [5.74, 6) is 1.04. The lowest BCUT2D eigenvalue weighted by Gasteiger charge is -2.32. The lowest BCUT2D eigenvalue weighted by atomic mass is 10.1. The first kappa shape index (κ1) is 19.9. The first-order valence-corrected chi connectivity index (χ1v) is 9.14. The summed E-state index contributed by atoms with van der Waals surface area (Å²) in [5.41, 5.74) is 0.382. The van der Waals surface area contributed by atoms with Crippen LogP contribution < -0.4 is 20.1 Å². The molecule has 2 aliphatic heterocycles. The second-order valence-electron chi connectivity index (χ2n) is 6.59. The highest BCUT2D eigenvalue weighted by molar-refractivity contribution is 6.34. The van der Waals surface area contributed by atoms with Gasteiger partial charge in [0, 0.05) is 37.7 Å².